The minimum absolute atomic E-state index is 0. The first-order valence-corrected chi connectivity index (χ1v) is 6.34. The van der Waals surface area contributed by atoms with Crippen molar-refractivity contribution in [2.24, 2.45) is 0 Å². The van der Waals surface area contributed by atoms with Crippen LogP contribution in [0.5, 0.6) is 0 Å². The summed E-state index contributed by atoms with van der Waals surface area (Å²) in [6, 6.07) is 0.870. The van der Waals surface area contributed by atoms with Crippen molar-refractivity contribution in [1.29, 1.82) is 0 Å². The molecular weight excluding hydrogens is 244 g/mol. The molecule has 0 saturated heterocycles. The van der Waals surface area contributed by atoms with Crippen molar-refractivity contribution in [1.82, 2.24) is 0 Å². The Bertz CT molecular complexity index is 122. The van der Waals surface area contributed by atoms with Gasteiger partial charge in [-0.25, -0.2) is 0 Å². The number of hydrogen-bond donors (Lipinski definition) is 0. The minimum Gasteiger partial charge on any atom is -1.00 e. The van der Waals surface area contributed by atoms with E-state index in [9.17, 15) is 0 Å². The first-order valence-electron chi connectivity index (χ1n) is 3.65. The van der Waals surface area contributed by atoms with E-state index in [1.165, 1.54) is 0 Å². The van der Waals surface area contributed by atoms with Crippen LogP contribution in [0, 0.1) is 6.92 Å². The Morgan fingerprint density at radius 1 is 1.58 bits per heavy atom. The molecule has 12 heavy (non-hydrogen) atoms. The Labute approximate surface area is 104 Å². The third-order valence-electron chi connectivity index (χ3n) is 1.43. The minimum atomic E-state index is -1.61. The van der Waals surface area contributed by atoms with Crippen molar-refractivity contribution in [2.45, 2.75) is 32.5 Å². The molecule has 1 unspecified atom stereocenters. The summed E-state index contributed by atoms with van der Waals surface area (Å²) < 4.78 is 5.69. The van der Waals surface area contributed by atoms with Gasteiger partial charge < -0.3 is 28.3 Å². The van der Waals surface area contributed by atoms with Gasteiger partial charge in [0.2, 0.25) is 0 Å². The molecule has 0 saturated carbocycles. The van der Waals surface area contributed by atoms with E-state index in [4.69, 9.17) is 4.43 Å². The maximum atomic E-state index is 5.69. The molecule has 0 aromatic heterocycles. The van der Waals surface area contributed by atoms with Crippen LogP contribution in [0.1, 0.15) is 13.8 Å². The predicted octanol–water partition coefficient (Wildman–Crippen LogP) is -0.831. The summed E-state index contributed by atoms with van der Waals surface area (Å²) in [5, 5.41) is 0. The van der Waals surface area contributed by atoms with E-state index in [0.29, 0.717) is 6.10 Å². The molecule has 0 N–H and O–H groups in total. The molecular formula is C8H17BrMgOSi. The number of halogens is 1. The Morgan fingerprint density at radius 3 is 2.08 bits per heavy atom. The second kappa shape index (κ2) is 8.75. The van der Waals surface area contributed by atoms with Crippen LogP contribution in [-0.4, -0.2) is 37.5 Å². The topological polar surface area (TPSA) is 9.23 Å². The molecule has 0 bridgehead atoms. The van der Waals surface area contributed by atoms with E-state index in [2.05, 4.69) is 20.0 Å². The summed E-state index contributed by atoms with van der Waals surface area (Å²) in [6.45, 7) is 13.8. The second-order valence-electron chi connectivity index (χ2n) is 2.93. The molecule has 68 valence electrons. The van der Waals surface area contributed by atoms with Crippen molar-refractivity contribution in [2.75, 3.05) is 0 Å². The van der Waals surface area contributed by atoms with E-state index >= 15 is 0 Å². The molecule has 0 spiro atoms. The van der Waals surface area contributed by atoms with Gasteiger partial charge in [-0.05, 0) is 20.4 Å². The number of hydrogen-bond acceptors (Lipinski definition) is 1. The van der Waals surface area contributed by atoms with Crippen molar-refractivity contribution in [3.05, 3.63) is 19.2 Å². The molecule has 0 aromatic rings. The van der Waals surface area contributed by atoms with Crippen LogP contribution in [0.15, 0.2) is 12.3 Å². The fraction of sp³-hybridized carbons (Fsp3) is 0.625. The predicted molar refractivity (Wildman–Crippen MR) is 54.0 cm³/mol. The third kappa shape index (κ3) is 7.79. The zero-order chi connectivity index (χ0) is 8.20. The first-order chi connectivity index (χ1) is 4.54. The normalized spacial score (nSPS) is 14.1. The van der Waals surface area contributed by atoms with Gasteiger partial charge in [0.25, 0.3) is 0 Å². The second-order valence-corrected chi connectivity index (χ2v) is 6.70. The first kappa shape index (κ1) is 18.9. The van der Waals surface area contributed by atoms with Gasteiger partial charge in [0.15, 0.2) is 8.32 Å². The zero-order valence-corrected chi connectivity index (χ0v) is 12.3. The summed E-state index contributed by atoms with van der Waals surface area (Å²) in [6.07, 6.45) is 0.302. The maximum absolute atomic E-state index is 5.69. The Balaban J connectivity index is -0.000000405. The van der Waals surface area contributed by atoms with Crippen LogP contribution in [-0.2, 0) is 4.43 Å². The number of rotatable bonds is 4. The third-order valence-corrected chi connectivity index (χ3v) is 4.30. The Hall–Kier alpha value is 1.16. The summed E-state index contributed by atoms with van der Waals surface area (Å²) in [4.78, 5) is 0. The van der Waals surface area contributed by atoms with Gasteiger partial charge in [0.1, 0.15) is 0 Å². The fourth-order valence-electron chi connectivity index (χ4n) is 0.748. The van der Waals surface area contributed by atoms with Crippen LogP contribution >= 0.6 is 0 Å². The van der Waals surface area contributed by atoms with E-state index in [0.717, 1.165) is 6.04 Å². The van der Waals surface area contributed by atoms with Gasteiger partial charge in [-0.3, -0.25) is 0 Å². The molecule has 0 fully saturated rings. The van der Waals surface area contributed by atoms with Gasteiger partial charge in [0, 0.05) is 6.10 Å². The smallest absolute Gasteiger partial charge is 1.00 e. The standard InChI is InChI=1S/C8H17OSi.BrH.Mg/c1-6-10(5,7-2)9-8(3)4;;/h6,8H,1-2,7H2,3-5H3;1H;/q-1;;+2/p-1. The van der Waals surface area contributed by atoms with E-state index in [-0.39, 0.29) is 40.0 Å². The van der Waals surface area contributed by atoms with Crippen molar-refractivity contribution in [3.63, 3.8) is 0 Å². The largest absolute Gasteiger partial charge is 2.00 e. The molecule has 0 radical (unpaired) electrons. The molecule has 1 nitrogen and oxygen atoms in total. The molecule has 0 amide bonds. The summed E-state index contributed by atoms with van der Waals surface area (Å²) in [5.74, 6) is 0. The average Bonchev–Trinajstić information content (AvgIpc) is 1.87. The molecule has 0 aromatic carbocycles. The monoisotopic (exact) mass is 260 g/mol. The van der Waals surface area contributed by atoms with Gasteiger partial charge in [-0.1, -0.05) is 5.70 Å². The molecule has 4 heteroatoms. The molecule has 0 heterocycles. The van der Waals surface area contributed by atoms with Crippen LogP contribution in [0.4, 0.5) is 0 Å². The van der Waals surface area contributed by atoms with Crippen molar-refractivity contribution < 1.29 is 21.4 Å². The van der Waals surface area contributed by atoms with Gasteiger partial charge >= 0.3 is 23.1 Å². The maximum Gasteiger partial charge on any atom is 2.00 e. The molecule has 0 aliphatic heterocycles. The van der Waals surface area contributed by atoms with Crippen molar-refractivity contribution >= 4 is 31.4 Å². The van der Waals surface area contributed by atoms with E-state index in [1.54, 1.807) is 0 Å². The average molecular weight is 262 g/mol. The quantitative estimate of drug-likeness (QED) is 0.474. The summed E-state index contributed by atoms with van der Waals surface area (Å²) >= 11 is 0. The zero-order valence-electron chi connectivity index (χ0n) is 8.27. The fourth-order valence-corrected chi connectivity index (χ4v) is 2.24. The molecule has 0 aliphatic rings. The van der Waals surface area contributed by atoms with Crippen LogP contribution in [0.3, 0.4) is 0 Å². The molecule has 0 rings (SSSR count). The van der Waals surface area contributed by atoms with Gasteiger partial charge in [0.05, 0.1) is 0 Å². The van der Waals surface area contributed by atoms with E-state index in [1.807, 2.05) is 19.5 Å². The Kier molecular flexibility index (Phi) is 13.7. The molecule has 1 atom stereocenters. The van der Waals surface area contributed by atoms with Crippen molar-refractivity contribution in [3.8, 4) is 0 Å². The summed E-state index contributed by atoms with van der Waals surface area (Å²) in [7, 11) is -1.61. The van der Waals surface area contributed by atoms with Gasteiger partial charge in [-0.2, -0.15) is 6.04 Å². The summed E-state index contributed by atoms with van der Waals surface area (Å²) in [5.41, 5.74) is 1.94. The SMILES string of the molecule is C=C[Si](C)(C[CH2-])OC(C)C.[Br-].[Mg+2]. The Morgan fingerprint density at radius 2 is 2.00 bits per heavy atom. The van der Waals surface area contributed by atoms with E-state index < -0.39 is 8.32 Å². The van der Waals surface area contributed by atoms with Gasteiger partial charge in [-0.15, -0.1) is 6.58 Å². The van der Waals surface area contributed by atoms with Crippen LogP contribution in [0.25, 0.3) is 0 Å². The van der Waals surface area contributed by atoms with Crippen LogP contribution in [0.2, 0.25) is 12.6 Å². The molecule has 0 aliphatic carbocycles. The van der Waals surface area contributed by atoms with Crippen LogP contribution < -0.4 is 17.0 Å².